The van der Waals surface area contributed by atoms with Crippen LogP contribution in [0.1, 0.15) is 27.6 Å². The first kappa shape index (κ1) is 27.2. The number of ether oxygens (including phenoxy) is 1. The van der Waals surface area contributed by atoms with E-state index in [1.165, 1.54) is 24.3 Å². The van der Waals surface area contributed by atoms with E-state index in [9.17, 15) is 26.8 Å². The van der Waals surface area contributed by atoms with Gasteiger partial charge in [-0.2, -0.15) is 0 Å². The number of benzene rings is 3. The number of thiophene rings is 1. The molecule has 0 saturated carbocycles. The van der Waals surface area contributed by atoms with Gasteiger partial charge in [0.05, 0.1) is 22.8 Å². The number of carbonyl (C=O) groups is 2. The SMILES string of the molecule is CCOC(=O)c1c(-c2ccccc2Cl)csc1NC(=O)c1ccccc1NS(=O)(=O)c1ccc(F)c(F)c1. The van der Waals surface area contributed by atoms with E-state index in [1.807, 2.05) is 0 Å². The van der Waals surface area contributed by atoms with Crippen molar-refractivity contribution in [2.45, 2.75) is 11.8 Å². The van der Waals surface area contributed by atoms with Crippen LogP contribution in [0.4, 0.5) is 19.5 Å². The number of halogens is 3. The number of hydrogen-bond acceptors (Lipinski definition) is 6. The van der Waals surface area contributed by atoms with Gasteiger partial charge in [0.25, 0.3) is 15.9 Å². The lowest BCUT2D eigenvalue weighted by molar-refractivity contribution is 0.0529. The molecule has 12 heteroatoms. The van der Waals surface area contributed by atoms with Crippen LogP contribution in [-0.2, 0) is 14.8 Å². The number of anilines is 2. The summed E-state index contributed by atoms with van der Waals surface area (Å²) in [6.07, 6.45) is 0. The van der Waals surface area contributed by atoms with Crippen LogP contribution < -0.4 is 10.0 Å². The average molecular weight is 577 g/mol. The molecule has 1 heterocycles. The Morgan fingerprint density at radius 2 is 1.68 bits per heavy atom. The van der Waals surface area contributed by atoms with E-state index in [4.69, 9.17) is 16.3 Å². The summed E-state index contributed by atoms with van der Waals surface area (Å²) in [6, 6.07) is 14.7. The smallest absolute Gasteiger partial charge is 0.341 e. The van der Waals surface area contributed by atoms with Crippen molar-refractivity contribution >= 4 is 55.5 Å². The molecule has 1 aromatic heterocycles. The molecule has 0 bridgehead atoms. The lowest BCUT2D eigenvalue weighted by atomic mass is 10.0. The molecular formula is C26H19ClF2N2O5S2. The molecule has 0 atom stereocenters. The summed E-state index contributed by atoms with van der Waals surface area (Å²) in [5, 5.41) is 4.87. The molecule has 0 aliphatic heterocycles. The fraction of sp³-hybridized carbons (Fsp3) is 0.0769. The highest BCUT2D eigenvalue weighted by Crippen LogP contribution is 2.39. The summed E-state index contributed by atoms with van der Waals surface area (Å²) in [5.74, 6) is -3.94. The number of carbonyl (C=O) groups excluding carboxylic acids is 2. The number of hydrogen-bond donors (Lipinski definition) is 2. The van der Waals surface area contributed by atoms with Crippen molar-refractivity contribution in [1.82, 2.24) is 0 Å². The molecule has 196 valence electrons. The number of amides is 1. The molecule has 0 aliphatic carbocycles. The summed E-state index contributed by atoms with van der Waals surface area (Å²) in [6.45, 7) is 1.74. The van der Waals surface area contributed by atoms with E-state index < -0.39 is 38.4 Å². The third-order valence-corrected chi connectivity index (χ3v) is 7.87. The number of para-hydroxylation sites is 1. The molecule has 1 amide bonds. The summed E-state index contributed by atoms with van der Waals surface area (Å²) < 4.78 is 59.9. The minimum atomic E-state index is -4.37. The third kappa shape index (κ3) is 5.69. The largest absolute Gasteiger partial charge is 0.462 e. The fourth-order valence-corrected chi connectivity index (χ4v) is 5.79. The van der Waals surface area contributed by atoms with Crippen molar-refractivity contribution in [2.24, 2.45) is 0 Å². The molecule has 0 radical (unpaired) electrons. The van der Waals surface area contributed by atoms with Gasteiger partial charge in [0, 0.05) is 21.5 Å². The first-order valence-electron chi connectivity index (χ1n) is 11.0. The molecule has 0 fully saturated rings. The Balaban J connectivity index is 1.68. The van der Waals surface area contributed by atoms with Crippen LogP contribution in [0.25, 0.3) is 11.1 Å². The standard InChI is InChI=1S/C26H19ClF2N2O5S2/c1-2-36-26(33)23-18(16-7-3-5-9-19(16)27)14-37-25(23)30-24(32)17-8-4-6-10-22(17)31-38(34,35)15-11-12-20(28)21(29)13-15/h3-14,31H,2H2,1H3,(H,30,32). The van der Waals surface area contributed by atoms with Crippen molar-refractivity contribution < 1.29 is 31.5 Å². The summed E-state index contributed by atoms with van der Waals surface area (Å²) in [4.78, 5) is 25.6. The highest BCUT2D eigenvalue weighted by atomic mass is 35.5. The van der Waals surface area contributed by atoms with E-state index in [1.54, 1.807) is 36.6 Å². The molecule has 2 N–H and O–H groups in total. The van der Waals surface area contributed by atoms with Crippen LogP contribution in [-0.4, -0.2) is 26.9 Å². The number of esters is 1. The van der Waals surface area contributed by atoms with E-state index in [-0.39, 0.29) is 28.4 Å². The molecule has 38 heavy (non-hydrogen) atoms. The molecule has 4 aromatic rings. The Bertz CT molecular complexity index is 1640. The Morgan fingerprint density at radius 1 is 0.974 bits per heavy atom. The fourth-order valence-electron chi connectivity index (χ4n) is 3.52. The van der Waals surface area contributed by atoms with Crippen LogP contribution >= 0.6 is 22.9 Å². The van der Waals surface area contributed by atoms with E-state index >= 15 is 0 Å². The summed E-state index contributed by atoms with van der Waals surface area (Å²) >= 11 is 7.40. The third-order valence-electron chi connectivity index (χ3n) is 5.28. The summed E-state index contributed by atoms with van der Waals surface area (Å²) in [7, 11) is -4.37. The predicted molar refractivity (Wildman–Crippen MR) is 142 cm³/mol. The predicted octanol–water partition coefficient (Wildman–Crippen LogP) is 6.58. The molecule has 0 spiro atoms. The minimum absolute atomic E-state index is 0.0823. The zero-order chi connectivity index (χ0) is 27.4. The second kappa shape index (κ2) is 11.3. The molecule has 3 aromatic carbocycles. The van der Waals surface area contributed by atoms with Crippen molar-refractivity contribution in [3.8, 4) is 11.1 Å². The van der Waals surface area contributed by atoms with Crippen molar-refractivity contribution in [3.05, 3.63) is 99.9 Å². The molecule has 7 nitrogen and oxygen atoms in total. The van der Waals surface area contributed by atoms with E-state index in [0.29, 0.717) is 28.3 Å². The quantitative estimate of drug-likeness (QED) is 0.231. The van der Waals surface area contributed by atoms with Gasteiger partial charge >= 0.3 is 5.97 Å². The Labute approximate surface area is 226 Å². The van der Waals surface area contributed by atoms with Crippen molar-refractivity contribution in [2.75, 3.05) is 16.6 Å². The van der Waals surface area contributed by atoms with Gasteiger partial charge in [-0.05, 0) is 43.3 Å². The van der Waals surface area contributed by atoms with Crippen LogP contribution in [0.5, 0.6) is 0 Å². The highest BCUT2D eigenvalue weighted by Gasteiger charge is 2.26. The van der Waals surface area contributed by atoms with Crippen LogP contribution in [0.3, 0.4) is 0 Å². The van der Waals surface area contributed by atoms with E-state index in [0.717, 1.165) is 17.4 Å². The van der Waals surface area contributed by atoms with Gasteiger partial charge in [0.2, 0.25) is 0 Å². The first-order valence-corrected chi connectivity index (χ1v) is 13.8. The van der Waals surface area contributed by atoms with Gasteiger partial charge in [-0.3, -0.25) is 9.52 Å². The number of rotatable bonds is 8. The number of sulfonamides is 1. The van der Waals surface area contributed by atoms with Gasteiger partial charge in [0.15, 0.2) is 11.6 Å². The molecule has 0 aliphatic rings. The van der Waals surface area contributed by atoms with Crippen LogP contribution in [0.15, 0.2) is 77.0 Å². The molecular weight excluding hydrogens is 558 g/mol. The topological polar surface area (TPSA) is 102 Å². The van der Waals surface area contributed by atoms with Crippen LogP contribution in [0, 0.1) is 11.6 Å². The molecule has 0 unspecified atom stereocenters. The molecule has 4 rings (SSSR count). The first-order chi connectivity index (χ1) is 18.1. The maximum Gasteiger partial charge on any atom is 0.341 e. The lowest BCUT2D eigenvalue weighted by Gasteiger charge is -2.13. The second-order valence-electron chi connectivity index (χ2n) is 7.73. The molecule has 0 saturated heterocycles. The van der Waals surface area contributed by atoms with Crippen molar-refractivity contribution in [3.63, 3.8) is 0 Å². The monoisotopic (exact) mass is 576 g/mol. The zero-order valence-corrected chi connectivity index (χ0v) is 22.0. The maximum absolute atomic E-state index is 13.6. The zero-order valence-electron chi connectivity index (χ0n) is 19.6. The Hall–Kier alpha value is -3.80. The van der Waals surface area contributed by atoms with Gasteiger partial charge in [-0.1, -0.05) is 41.9 Å². The second-order valence-corrected chi connectivity index (χ2v) is 10.7. The van der Waals surface area contributed by atoms with Gasteiger partial charge < -0.3 is 10.1 Å². The maximum atomic E-state index is 13.6. The summed E-state index contributed by atoms with van der Waals surface area (Å²) in [5.41, 5.74) is 0.921. The Morgan fingerprint density at radius 3 is 2.39 bits per heavy atom. The van der Waals surface area contributed by atoms with Crippen molar-refractivity contribution in [1.29, 1.82) is 0 Å². The highest BCUT2D eigenvalue weighted by molar-refractivity contribution is 7.92. The van der Waals surface area contributed by atoms with Crippen LogP contribution in [0.2, 0.25) is 5.02 Å². The Kier molecular flexibility index (Phi) is 8.10. The van der Waals surface area contributed by atoms with Gasteiger partial charge in [0.1, 0.15) is 10.6 Å². The average Bonchev–Trinajstić information content (AvgIpc) is 3.29. The van der Waals surface area contributed by atoms with Gasteiger partial charge in [-0.15, -0.1) is 11.3 Å². The number of nitrogens with one attached hydrogen (secondary N) is 2. The normalized spacial score (nSPS) is 11.2. The van der Waals surface area contributed by atoms with Gasteiger partial charge in [-0.25, -0.2) is 22.0 Å². The minimum Gasteiger partial charge on any atom is -0.462 e. The lowest BCUT2D eigenvalue weighted by Crippen LogP contribution is -2.19. The van der Waals surface area contributed by atoms with E-state index in [2.05, 4.69) is 10.0 Å².